The lowest BCUT2D eigenvalue weighted by atomic mass is 9.96. The van der Waals surface area contributed by atoms with Crippen LogP contribution in [0.4, 0.5) is 4.39 Å². The molecule has 1 aromatic carbocycles. The maximum Gasteiger partial charge on any atom is 0.123 e. The summed E-state index contributed by atoms with van der Waals surface area (Å²) in [5.41, 5.74) is 1.16. The maximum absolute atomic E-state index is 13.4. The Kier molecular flexibility index (Phi) is 5.82. The van der Waals surface area contributed by atoms with E-state index in [0.29, 0.717) is 6.04 Å². The highest BCUT2D eigenvalue weighted by atomic mass is 35.5. The van der Waals surface area contributed by atoms with Gasteiger partial charge in [0.2, 0.25) is 0 Å². The number of piperidine rings is 1. The van der Waals surface area contributed by atoms with Crippen LogP contribution < -0.4 is 5.32 Å². The Bertz CT molecular complexity index is 421. The second-order valence-electron chi connectivity index (χ2n) is 5.90. The van der Waals surface area contributed by atoms with Crippen molar-refractivity contribution in [2.75, 3.05) is 26.2 Å². The molecule has 1 unspecified atom stereocenters. The van der Waals surface area contributed by atoms with Crippen LogP contribution in [0.3, 0.4) is 0 Å². The Balaban J connectivity index is 0.00000147. The molecular weight excluding hydrogens is 275 g/mol. The van der Waals surface area contributed by atoms with Gasteiger partial charge >= 0.3 is 0 Å². The summed E-state index contributed by atoms with van der Waals surface area (Å²) in [6, 6.07) is 7.60. The molecule has 0 bridgehead atoms. The van der Waals surface area contributed by atoms with Gasteiger partial charge in [-0.3, -0.25) is 4.90 Å². The number of benzene rings is 1. The van der Waals surface area contributed by atoms with E-state index in [1.807, 2.05) is 6.07 Å². The summed E-state index contributed by atoms with van der Waals surface area (Å²) in [6.45, 7) is 4.67. The fourth-order valence-corrected chi connectivity index (χ4v) is 3.53. The topological polar surface area (TPSA) is 15.3 Å². The fraction of sp³-hybridized carbons (Fsp3) is 0.625. The molecule has 2 heterocycles. The highest BCUT2D eigenvalue weighted by molar-refractivity contribution is 5.85. The van der Waals surface area contributed by atoms with Gasteiger partial charge in [0.25, 0.3) is 0 Å². The third-order valence-electron chi connectivity index (χ3n) is 4.55. The quantitative estimate of drug-likeness (QED) is 0.920. The van der Waals surface area contributed by atoms with E-state index in [2.05, 4.69) is 16.3 Å². The minimum Gasteiger partial charge on any atom is -0.317 e. The van der Waals surface area contributed by atoms with Crippen molar-refractivity contribution in [1.82, 2.24) is 10.2 Å². The van der Waals surface area contributed by atoms with Crippen molar-refractivity contribution in [3.05, 3.63) is 35.6 Å². The second-order valence-corrected chi connectivity index (χ2v) is 5.90. The van der Waals surface area contributed by atoms with Crippen molar-refractivity contribution in [2.45, 2.75) is 31.7 Å². The first-order valence-electron chi connectivity index (χ1n) is 7.53. The molecule has 1 aromatic rings. The van der Waals surface area contributed by atoms with Gasteiger partial charge in [0.1, 0.15) is 5.82 Å². The summed E-state index contributed by atoms with van der Waals surface area (Å²) < 4.78 is 13.4. The molecule has 0 radical (unpaired) electrons. The molecule has 112 valence electrons. The van der Waals surface area contributed by atoms with Crippen LogP contribution in [0.5, 0.6) is 0 Å². The molecule has 0 aliphatic carbocycles. The van der Waals surface area contributed by atoms with Crippen LogP contribution in [-0.2, 0) is 0 Å². The van der Waals surface area contributed by atoms with E-state index in [-0.39, 0.29) is 18.2 Å². The number of nitrogens with zero attached hydrogens (tertiary/aromatic N) is 1. The Morgan fingerprint density at radius 3 is 2.75 bits per heavy atom. The van der Waals surface area contributed by atoms with E-state index < -0.39 is 0 Å². The molecule has 0 aromatic heterocycles. The summed E-state index contributed by atoms with van der Waals surface area (Å²) in [4.78, 5) is 2.57. The van der Waals surface area contributed by atoms with Crippen LogP contribution in [0.25, 0.3) is 0 Å². The summed E-state index contributed by atoms with van der Waals surface area (Å²) in [6.07, 6.45) is 4.99. The third kappa shape index (κ3) is 3.72. The van der Waals surface area contributed by atoms with E-state index >= 15 is 0 Å². The molecule has 1 atom stereocenters. The van der Waals surface area contributed by atoms with Gasteiger partial charge in [0.15, 0.2) is 0 Å². The van der Waals surface area contributed by atoms with E-state index in [9.17, 15) is 4.39 Å². The van der Waals surface area contributed by atoms with Gasteiger partial charge in [-0.2, -0.15) is 0 Å². The second kappa shape index (κ2) is 7.39. The monoisotopic (exact) mass is 298 g/mol. The van der Waals surface area contributed by atoms with Gasteiger partial charge < -0.3 is 5.32 Å². The molecule has 2 fully saturated rings. The van der Waals surface area contributed by atoms with Crippen molar-refractivity contribution >= 4 is 12.4 Å². The number of likely N-dealkylation sites (tertiary alicyclic amines) is 1. The van der Waals surface area contributed by atoms with E-state index in [1.165, 1.54) is 44.8 Å². The molecular formula is C16H24ClFN2. The Hall–Kier alpha value is -0.640. The van der Waals surface area contributed by atoms with Gasteiger partial charge in [-0.05, 0) is 68.9 Å². The van der Waals surface area contributed by atoms with Crippen molar-refractivity contribution in [1.29, 1.82) is 0 Å². The van der Waals surface area contributed by atoms with Crippen LogP contribution in [0, 0.1) is 11.7 Å². The minimum absolute atomic E-state index is 0. The van der Waals surface area contributed by atoms with Crippen molar-refractivity contribution < 1.29 is 4.39 Å². The van der Waals surface area contributed by atoms with Crippen molar-refractivity contribution in [3.8, 4) is 0 Å². The molecule has 4 heteroatoms. The van der Waals surface area contributed by atoms with Gasteiger partial charge in [-0.15, -0.1) is 12.4 Å². The first kappa shape index (κ1) is 15.7. The molecule has 2 nitrogen and oxygen atoms in total. The van der Waals surface area contributed by atoms with E-state index in [4.69, 9.17) is 0 Å². The van der Waals surface area contributed by atoms with Crippen molar-refractivity contribution in [3.63, 3.8) is 0 Å². The largest absolute Gasteiger partial charge is 0.317 e. The smallest absolute Gasteiger partial charge is 0.123 e. The Morgan fingerprint density at radius 2 is 2.00 bits per heavy atom. The number of nitrogens with one attached hydrogen (secondary N) is 1. The Labute approximate surface area is 127 Å². The minimum atomic E-state index is -0.105. The lowest BCUT2D eigenvalue weighted by molar-refractivity contribution is 0.193. The summed E-state index contributed by atoms with van der Waals surface area (Å²) in [5.74, 6) is 0.710. The highest BCUT2D eigenvalue weighted by Gasteiger charge is 2.28. The number of rotatable bonds is 3. The number of hydrogen-bond donors (Lipinski definition) is 1. The Morgan fingerprint density at radius 1 is 1.20 bits per heavy atom. The zero-order valence-electron chi connectivity index (χ0n) is 11.9. The predicted octanol–water partition coefficient (Wildman–Crippen LogP) is 3.38. The van der Waals surface area contributed by atoms with Gasteiger partial charge in [0.05, 0.1) is 0 Å². The van der Waals surface area contributed by atoms with Crippen LogP contribution in [0.1, 0.15) is 37.3 Å². The molecule has 3 rings (SSSR count). The molecule has 2 aliphatic rings. The average molecular weight is 299 g/mol. The third-order valence-corrected chi connectivity index (χ3v) is 4.55. The van der Waals surface area contributed by atoms with Crippen LogP contribution in [-0.4, -0.2) is 31.1 Å². The van der Waals surface area contributed by atoms with Gasteiger partial charge in [0, 0.05) is 12.6 Å². The molecule has 2 aliphatic heterocycles. The van der Waals surface area contributed by atoms with Crippen LogP contribution in [0.15, 0.2) is 24.3 Å². The van der Waals surface area contributed by atoms with Crippen LogP contribution >= 0.6 is 12.4 Å². The average Bonchev–Trinajstić information content (AvgIpc) is 2.88. The summed E-state index contributed by atoms with van der Waals surface area (Å²) >= 11 is 0. The summed E-state index contributed by atoms with van der Waals surface area (Å²) in [7, 11) is 0. The number of hydrogen-bond acceptors (Lipinski definition) is 2. The molecule has 2 saturated heterocycles. The standard InChI is InChI=1S/C16H23FN2.ClH/c17-15-4-1-3-14(11-15)16-5-2-10-19(16)12-13-6-8-18-9-7-13;/h1,3-4,11,13,16,18H,2,5-10,12H2;1H. The SMILES string of the molecule is Cl.Fc1cccc(C2CCCN2CC2CCNCC2)c1. The van der Waals surface area contributed by atoms with E-state index in [0.717, 1.165) is 24.6 Å². The number of halogens is 2. The predicted molar refractivity (Wildman–Crippen MR) is 82.8 cm³/mol. The van der Waals surface area contributed by atoms with Gasteiger partial charge in [-0.1, -0.05) is 12.1 Å². The first-order valence-corrected chi connectivity index (χ1v) is 7.53. The fourth-order valence-electron chi connectivity index (χ4n) is 3.53. The normalized spacial score (nSPS) is 24.6. The first-order chi connectivity index (χ1) is 9.33. The maximum atomic E-state index is 13.4. The molecule has 1 N–H and O–H groups in total. The summed E-state index contributed by atoms with van der Waals surface area (Å²) in [5, 5.41) is 3.42. The lowest BCUT2D eigenvalue weighted by Gasteiger charge is -2.31. The molecule has 0 spiro atoms. The molecule has 0 amide bonds. The lowest BCUT2D eigenvalue weighted by Crippen LogP contribution is -2.36. The zero-order chi connectivity index (χ0) is 13.1. The van der Waals surface area contributed by atoms with Crippen LogP contribution in [0.2, 0.25) is 0 Å². The zero-order valence-corrected chi connectivity index (χ0v) is 12.7. The molecule has 20 heavy (non-hydrogen) atoms. The van der Waals surface area contributed by atoms with Gasteiger partial charge in [-0.25, -0.2) is 4.39 Å². The van der Waals surface area contributed by atoms with E-state index in [1.54, 1.807) is 6.07 Å². The highest BCUT2D eigenvalue weighted by Crippen LogP contribution is 2.33. The van der Waals surface area contributed by atoms with Crippen molar-refractivity contribution in [2.24, 2.45) is 5.92 Å². The molecule has 0 saturated carbocycles.